The highest BCUT2D eigenvalue weighted by Crippen LogP contribution is 2.12. The molecule has 2 unspecified atom stereocenters. The van der Waals surface area contributed by atoms with Gasteiger partial charge in [0.05, 0.1) is 13.2 Å². The fourth-order valence-corrected chi connectivity index (χ4v) is 1.68. The Morgan fingerprint density at radius 3 is 2.75 bits per heavy atom. The Kier molecular flexibility index (Phi) is 3.15. The van der Waals surface area contributed by atoms with Gasteiger partial charge in [0.25, 0.3) is 0 Å². The fraction of sp³-hybridized carbons (Fsp3) is 1.00. The molecule has 1 aliphatic rings. The summed E-state index contributed by atoms with van der Waals surface area (Å²) in [5.74, 6) is 0. The fourth-order valence-electron chi connectivity index (χ4n) is 0.591. The van der Waals surface area contributed by atoms with Crippen molar-refractivity contribution >= 4 is 21.8 Å². The van der Waals surface area contributed by atoms with Gasteiger partial charge in [-0.2, -0.15) is 12.6 Å². The minimum absolute atomic E-state index is 0.195. The molecule has 0 amide bonds. The third-order valence-corrected chi connectivity index (χ3v) is 2.28. The van der Waals surface area contributed by atoms with Crippen molar-refractivity contribution in [3.8, 4) is 0 Å². The lowest BCUT2D eigenvalue weighted by Crippen LogP contribution is -2.18. The summed E-state index contributed by atoms with van der Waals surface area (Å²) in [6, 6.07) is 0. The number of hydrogen-bond donors (Lipinski definition) is 1. The summed E-state index contributed by atoms with van der Waals surface area (Å²) in [6.45, 7) is -0.498. The van der Waals surface area contributed by atoms with E-state index in [9.17, 15) is 12.6 Å². The molecule has 0 aromatic rings. The first kappa shape index (κ1) is 10.0. The molecule has 0 saturated carbocycles. The Bertz CT molecular complexity index is 268. The lowest BCUT2D eigenvalue weighted by Gasteiger charge is -2.01. The first-order valence-corrected chi connectivity index (χ1v) is 5.18. The molecular weight excluding hydrogens is 212 g/mol. The minimum Gasteiger partial charge on any atom is -0.284 e. The van der Waals surface area contributed by atoms with Crippen LogP contribution < -0.4 is 0 Å². The molecule has 0 aromatic carbocycles. The molecule has 1 heterocycles. The molecule has 12 heavy (non-hydrogen) atoms. The van der Waals surface area contributed by atoms with Crippen LogP contribution in [0.1, 0.15) is 0 Å². The predicted molar refractivity (Wildman–Crippen MR) is 36.5 cm³/mol. The lowest BCUT2D eigenvalue weighted by atomic mass is 10.4. The molecule has 1 saturated heterocycles. The van der Waals surface area contributed by atoms with Crippen LogP contribution in [0.4, 0.5) is 0 Å². The van der Waals surface area contributed by atoms with Crippen molar-refractivity contribution in [3.05, 3.63) is 0 Å². The van der Waals surface area contributed by atoms with Gasteiger partial charge in [-0.25, -0.2) is 8.37 Å². The van der Waals surface area contributed by atoms with Gasteiger partial charge in [0.1, 0.15) is 6.10 Å². The summed E-state index contributed by atoms with van der Waals surface area (Å²) in [5.41, 5.74) is 0. The second-order valence-corrected chi connectivity index (χ2v) is 3.83. The third-order valence-electron chi connectivity index (χ3n) is 1.01. The molecule has 1 fully saturated rings. The Hall–Kier alpha value is -0.0600. The molecule has 9 heteroatoms. The van der Waals surface area contributed by atoms with E-state index in [4.69, 9.17) is 4.55 Å². The van der Waals surface area contributed by atoms with Crippen molar-refractivity contribution in [2.75, 3.05) is 13.2 Å². The molecule has 1 N–H and O–H groups in total. The van der Waals surface area contributed by atoms with Crippen LogP contribution >= 0.6 is 0 Å². The van der Waals surface area contributed by atoms with Gasteiger partial charge in [-0.05, 0) is 0 Å². The molecule has 0 aromatic heterocycles. The molecule has 1 aliphatic heterocycles. The first-order chi connectivity index (χ1) is 5.49. The van der Waals surface area contributed by atoms with E-state index >= 15 is 0 Å². The summed E-state index contributed by atoms with van der Waals surface area (Å²) in [7, 11) is -3.90. The van der Waals surface area contributed by atoms with Gasteiger partial charge in [0.15, 0.2) is 0 Å². The average Bonchev–Trinajstić information content (AvgIpc) is 2.26. The van der Waals surface area contributed by atoms with Gasteiger partial charge in [-0.15, -0.1) is 0 Å². The SMILES string of the molecule is O=S(O)OCC1COS(=O)(=O)O1. The van der Waals surface area contributed by atoms with Crippen LogP contribution in [0.3, 0.4) is 0 Å². The zero-order chi connectivity index (χ0) is 9.19. The molecule has 1 rings (SSSR count). The highest BCUT2D eigenvalue weighted by molar-refractivity contribution is 7.82. The summed E-state index contributed by atoms with van der Waals surface area (Å²) in [5, 5.41) is 0. The van der Waals surface area contributed by atoms with Crippen LogP contribution in [0.2, 0.25) is 0 Å². The lowest BCUT2D eigenvalue weighted by molar-refractivity contribution is 0.151. The van der Waals surface area contributed by atoms with Crippen molar-refractivity contribution in [2.24, 2.45) is 0 Å². The second-order valence-electron chi connectivity index (χ2n) is 1.91. The van der Waals surface area contributed by atoms with Gasteiger partial charge in [-0.3, -0.25) is 8.74 Å². The van der Waals surface area contributed by atoms with Crippen LogP contribution in [-0.2, 0) is 34.3 Å². The van der Waals surface area contributed by atoms with Gasteiger partial charge in [-0.1, -0.05) is 0 Å². The first-order valence-electron chi connectivity index (χ1n) is 2.81. The summed E-state index contributed by atoms with van der Waals surface area (Å²) >= 11 is -2.42. The monoisotopic (exact) mass is 218 g/mol. The molecule has 0 aliphatic carbocycles. The van der Waals surface area contributed by atoms with Crippen LogP contribution in [0, 0.1) is 0 Å². The van der Waals surface area contributed by atoms with Gasteiger partial charge in [0.2, 0.25) is 0 Å². The maximum atomic E-state index is 10.4. The quantitative estimate of drug-likeness (QED) is 0.594. The van der Waals surface area contributed by atoms with Crippen molar-refractivity contribution in [1.82, 2.24) is 0 Å². The van der Waals surface area contributed by atoms with Gasteiger partial charge < -0.3 is 0 Å². The van der Waals surface area contributed by atoms with Crippen molar-refractivity contribution in [1.29, 1.82) is 0 Å². The third kappa shape index (κ3) is 3.13. The molecule has 2 atom stereocenters. The Labute approximate surface area is 71.4 Å². The van der Waals surface area contributed by atoms with E-state index in [2.05, 4.69) is 12.5 Å². The second kappa shape index (κ2) is 3.77. The Morgan fingerprint density at radius 2 is 2.33 bits per heavy atom. The number of hydrogen-bond acceptors (Lipinski definition) is 6. The summed E-state index contributed by atoms with van der Waals surface area (Å²) in [4.78, 5) is 0. The van der Waals surface area contributed by atoms with Crippen molar-refractivity contribution in [3.63, 3.8) is 0 Å². The maximum absolute atomic E-state index is 10.4. The standard InChI is InChI=1S/C3H6O7S2/c4-11(5)8-1-3-2-9-12(6,7)10-3/h3H,1-2H2,(H,4,5). The summed E-state index contributed by atoms with van der Waals surface area (Å²) in [6.07, 6.45) is -0.842. The highest BCUT2D eigenvalue weighted by Gasteiger charge is 2.30. The molecule has 0 radical (unpaired) electrons. The Morgan fingerprint density at radius 1 is 1.67 bits per heavy atom. The van der Waals surface area contributed by atoms with E-state index in [0.29, 0.717) is 0 Å². The molecular formula is C3H6O7S2. The van der Waals surface area contributed by atoms with E-state index in [1.165, 1.54) is 0 Å². The van der Waals surface area contributed by atoms with E-state index in [0.717, 1.165) is 0 Å². The summed E-state index contributed by atoms with van der Waals surface area (Å²) < 4.78 is 51.6. The van der Waals surface area contributed by atoms with E-state index < -0.39 is 27.9 Å². The van der Waals surface area contributed by atoms with Gasteiger partial charge >= 0.3 is 21.8 Å². The Balaban J connectivity index is 2.34. The van der Waals surface area contributed by atoms with Gasteiger partial charge in [0, 0.05) is 0 Å². The molecule has 0 bridgehead atoms. The van der Waals surface area contributed by atoms with Crippen LogP contribution in [-0.4, -0.2) is 36.5 Å². The highest BCUT2D eigenvalue weighted by atomic mass is 32.3. The van der Waals surface area contributed by atoms with E-state index in [1.54, 1.807) is 0 Å². The van der Waals surface area contributed by atoms with Crippen molar-refractivity contribution in [2.45, 2.75) is 6.10 Å². The topological polar surface area (TPSA) is 99.1 Å². The molecule has 7 nitrogen and oxygen atoms in total. The smallest absolute Gasteiger partial charge is 0.284 e. The molecule has 0 spiro atoms. The van der Waals surface area contributed by atoms with Crippen LogP contribution in [0.25, 0.3) is 0 Å². The van der Waals surface area contributed by atoms with E-state index in [1.807, 2.05) is 0 Å². The van der Waals surface area contributed by atoms with Crippen molar-refractivity contribution < 1.29 is 29.7 Å². The zero-order valence-electron chi connectivity index (χ0n) is 5.70. The maximum Gasteiger partial charge on any atom is 0.400 e. The van der Waals surface area contributed by atoms with Crippen LogP contribution in [0.5, 0.6) is 0 Å². The predicted octanol–water partition coefficient (Wildman–Crippen LogP) is -1.20. The normalized spacial score (nSPS) is 30.2. The zero-order valence-corrected chi connectivity index (χ0v) is 7.34. The van der Waals surface area contributed by atoms with E-state index in [-0.39, 0.29) is 13.2 Å². The largest absolute Gasteiger partial charge is 0.400 e. The van der Waals surface area contributed by atoms with Crippen LogP contribution in [0.15, 0.2) is 0 Å². The minimum atomic E-state index is -3.90. The molecule has 72 valence electrons. The number of rotatable bonds is 3. The average molecular weight is 218 g/mol.